The van der Waals surface area contributed by atoms with Crippen molar-refractivity contribution in [3.63, 3.8) is 0 Å². The van der Waals surface area contributed by atoms with E-state index in [1.807, 2.05) is 6.92 Å². The number of amides is 2. The average molecular weight is 472 g/mol. The minimum Gasteiger partial charge on any atom is -0.494 e. The summed E-state index contributed by atoms with van der Waals surface area (Å²) in [5.74, 6) is -0.804. The first-order valence-corrected chi connectivity index (χ1v) is 10.4. The SMILES string of the molecule is CCOc1cccc(C(=O)NC(=S)Nc2cccc(C(=O)Nc3ccc(F)c(Cl)c3)c2)c1. The highest BCUT2D eigenvalue weighted by Crippen LogP contribution is 2.20. The van der Waals surface area contributed by atoms with Crippen molar-refractivity contribution < 1.29 is 18.7 Å². The van der Waals surface area contributed by atoms with Crippen molar-refractivity contribution in [1.29, 1.82) is 0 Å². The van der Waals surface area contributed by atoms with Crippen LogP contribution in [0.3, 0.4) is 0 Å². The molecule has 3 N–H and O–H groups in total. The maximum atomic E-state index is 13.3. The van der Waals surface area contributed by atoms with Crippen molar-refractivity contribution in [1.82, 2.24) is 5.32 Å². The highest BCUT2D eigenvalue weighted by Gasteiger charge is 2.11. The van der Waals surface area contributed by atoms with Crippen LogP contribution < -0.4 is 20.7 Å². The zero-order valence-corrected chi connectivity index (χ0v) is 18.5. The van der Waals surface area contributed by atoms with Crippen LogP contribution in [0.4, 0.5) is 15.8 Å². The molecule has 0 aliphatic carbocycles. The normalized spacial score (nSPS) is 10.2. The summed E-state index contributed by atoms with van der Waals surface area (Å²) in [6.07, 6.45) is 0. The summed E-state index contributed by atoms with van der Waals surface area (Å²) in [7, 11) is 0. The number of rotatable bonds is 6. The van der Waals surface area contributed by atoms with E-state index in [1.165, 1.54) is 18.2 Å². The van der Waals surface area contributed by atoms with Crippen molar-refractivity contribution in [2.45, 2.75) is 6.92 Å². The number of thiocarbonyl (C=S) groups is 1. The number of carbonyl (C=O) groups excluding carboxylic acids is 2. The minimum atomic E-state index is -0.573. The number of anilines is 2. The fraction of sp³-hybridized carbons (Fsp3) is 0.0870. The molecule has 0 atom stereocenters. The van der Waals surface area contributed by atoms with Crippen molar-refractivity contribution in [3.05, 3.63) is 88.7 Å². The third-order valence-corrected chi connectivity index (χ3v) is 4.69. The van der Waals surface area contributed by atoms with Gasteiger partial charge < -0.3 is 15.4 Å². The Hall–Kier alpha value is -3.49. The van der Waals surface area contributed by atoms with Crippen LogP contribution in [0.1, 0.15) is 27.6 Å². The van der Waals surface area contributed by atoms with Gasteiger partial charge in [-0.05, 0) is 73.7 Å². The van der Waals surface area contributed by atoms with E-state index in [0.29, 0.717) is 34.9 Å². The molecule has 2 amide bonds. The second-order valence-electron chi connectivity index (χ2n) is 6.53. The van der Waals surface area contributed by atoms with E-state index in [4.69, 9.17) is 28.6 Å². The molecule has 0 fully saturated rings. The molecule has 6 nitrogen and oxygen atoms in total. The number of carbonyl (C=O) groups is 2. The van der Waals surface area contributed by atoms with Gasteiger partial charge in [0.1, 0.15) is 11.6 Å². The Morgan fingerprint density at radius 3 is 2.34 bits per heavy atom. The second-order valence-corrected chi connectivity index (χ2v) is 7.35. The molecule has 9 heteroatoms. The lowest BCUT2D eigenvalue weighted by Gasteiger charge is -2.12. The van der Waals surface area contributed by atoms with E-state index < -0.39 is 17.6 Å². The van der Waals surface area contributed by atoms with Gasteiger partial charge in [0.15, 0.2) is 5.11 Å². The van der Waals surface area contributed by atoms with Crippen molar-refractivity contribution in [2.24, 2.45) is 0 Å². The molecule has 0 aliphatic heterocycles. The molecule has 0 aliphatic rings. The number of benzene rings is 3. The van der Waals surface area contributed by atoms with Gasteiger partial charge in [0, 0.05) is 22.5 Å². The average Bonchev–Trinajstić information content (AvgIpc) is 2.77. The van der Waals surface area contributed by atoms with Gasteiger partial charge in [0.2, 0.25) is 0 Å². The van der Waals surface area contributed by atoms with Crippen LogP contribution in [-0.2, 0) is 0 Å². The number of nitrogens with one attached hydrogen (secondary N) is 3. The molecule has 0 spiro atoms. The lowest BCUT2D eigenvalue weighted by molar-refractivity contribution is 0.0975. The van der Waals surface area contributed by atoms with Crippen LogP contribution in [0.2, 0.25) is 5.02 Å². The van der Waals surface area contributed by atoms with Gasteiger partial charge in [-0.3, -0.25) is 14.9 Å². The first-order chi connectivity index (χ1) is 15.4. The Morgan fingerprint density at radius 2 is 1.62 bits per heavy atom. The van der Waals surface area contributed by atoms with Crippen LogP contribution in [0.5, 0.6) is 5.75 Å². The number of hydrogen-bond donors (Lipinski definition) is 3. The van der Waals surface area contributed by atoms with E-state index in [9.17, 15) is 14.0 Å². The summed E-state index contributed by atoms with van der Waals surface area (Å²) in [5.41, 5.74) is 1.58. The Labute approximate surface area is 194 Å². The molecule has 0 aromatic heterocycles. The lowest BCUT2D eigenvalue weighted by Crippen LogP contribution is -2.34. The second kappa shape index (κ2) is 10.7. The van der Waals surface area contributed by atoms with Gasteiger partial charge in [0.05, 0.1) is 11.6 Å². The van der Waals surface area contributed by atoms with Gasteiger partial charge in [-0.2, -0.15) is 0 Å². The Morgan fingerprint density at radius 1 is 0.938 bits per heavy atom. The maximum Gasteiger partial charge on any atom is 0.257 e. The molecular weight excluding hydrogens is 453 g/mol. The molecule has 3 aromatic carbocycles. The molecule has 3 rings (SSSR count). The summed E-state index contributed by atoms with van der Waals surface area (Å²) < 4.78 is 18.7. The predicted molar refractivity (Wildman–Crippen MR) is 127 cm³/mol. The van der Waals surface area contributed by atoms with Crippen molar-refractivity contribution >= 4 is 52.1 Å². The Bertz CT molecular complexity index is 1170. The third kappa shape index (κ3) is 6.26. The summed E-state index contributed by atoms with van der Waals surface area (Å²) in [6, 6.07) is 17.2. The molecule has 164 valence electrons. The van der Waals surface area contributed by atoms with Gasteiger partial charge in [-0.15, -0.1) is 0 Å². The van der Waals surface area contributed by atoms with Crippen LogP contribution >= 0.6 is 23.8 Å². The smallest absolute Gasteiger partial charge is 0.257 e. The Kier molecular flexibility index (Phi) is 7.75. The first-order valence-electron chi connectivity index (χ1n) is 9.57. The van der Waals surface area contributed by atoms with Gasteiger partial charge in [-0.25, -0.2) is 4.39 Å². The largest absolute Gasteiger partial charge is 0.494 e. The summed E-state index contributed by atoms with van der Waals surface area (Å²) >= 11 is 11.0. The molecule has 0 unspecified atom stereocenters. The molecule has 0 saturated heterocycles. The van der Waals surface area contributed by atoms with Crippen LogP contribution in [0, 0.1) is 5.82 Å². The maximum absolute atomic E-state index is 13.3. The molecular formula is C23H19ClFN3O3S. The van der Waals surface area contributed by atoms with Crippen molar-refractivity contribution in [3.8, 4) is 5.75 Å². The van der Waals surface area contributed by atoms with Crippen molar-refractivity contribution in [2.75, 3.05) is 17.2 Å². The minimum absolute atomic E-state index is 0.0692. The van der Waals surface area contributed by atoms with E-state index >= 15 is 0 Å². The van der Waals surface area contributed by atoms with Crippen LogP contribution in [-0.4, -0.2) is 23.5 Å². The standard InChI is InChI=1S/C23H19ClFN3O3S/c1-2-31-18-8-4-6-15(12-18)22(30)28-23(32)27-16-7-3-5-14(11-16)21(29)26-17-9-10-20(25)19(24)13-17/h3-13H,2H2,1H3,(H,26,29)(H2,27,28,30,32). The van der Waals surface area contributed by atoms with Crippen LogP contribution in [0.25, 0.3) is 0 Å². The van der Waals surface area contributed by atoms with Gasteiger partial charge in [0.25, 0.3) is 11.8 Å². The quantitative estimate of drug-likeness (QED) is 0.427. The monoisotopic (exact) mass is 471 g/mol. The zero-order chi connectivity index (χ0) is 23.1. The van der Waals surface area contributed by atoms with E-state index in [2.05, 4.69) is 16.0 Å². The highest BCUT2D eigenvalue weighted by molar-refractivity contribution is 7.80. The molecule has 0 saturated carbocycles. The van der Waals surface area contributed by atoms with E-state index in [-0.39, 0.29) is 10.1 Å². The Balaban J connectivity index is 1.62. The summed E-state index contributed by atoms with van der Waals surface area (Å²) in [5, 5.41) is 8.09. The van der Waals surface area contributed by atoms with Gasteiger partial charge in [-0.1, -0.05) is 23.7 Å². The van der Waals surface area contributed by atoms with E-state index in [0.717, 1.165) is 0 Å². The first kappa shape index (κ1) is 23.2. The molecule has 0 bridgehead atoms. The molecule has 32 heavy (non-hydrogen) atoms. The fourth-order valence-electron chi connectivity index (χ4n) is 2.75. The lowest BCUT2D eigenvalue weighted by atomic mass is 10.2. The van der Waals surface area contributed by atoms with Gasteiger partial charge >= 0.3 is 0 Å². The summed E-state index contributed by atoms with van der Waals surface area (Å²) in [4.78, 5) is 24.9. The third-order valence-electron chi connectivity index (χ3n) is 4.19. The number of halogens is 2. The molecule has 3 aromatic rings. The summed E-state index contributed by atoms with van der Waals surface area (Å²) in [6.45, 7) is 2.35. The molecule has 0 radical (unpaired) electrons. The molecule has 0 heterocycles. The number of ether oxygens (including phenoxy) is 1. The fourth-order valence-corrected chi connectivity index (χ4v) is 3.14. The zero-order valence-electron chi connectivity index (χ0n) is 16.9. The highest BCUT2D eigenvalue weighted by atomic mass is 35.5. The van der Waals surface area contributed by atoms with Crippen LogP contribution in [0.15, 0.2) is 66.7 Å². The predicted octanol–water partition coefficient (Wildman–Crippen LogP) is 5.26. The number of hydrogen-bond acceptors (Lipinski definition) is 4. The van der Waals surface area contributed by atoms with E-state index in [1.54, 1.807) is 48.5 Å². The topological polar surface area (TPSA) is 79.5 Å².